The van der Waals surface area contributed by atoms with Crippen molar-refractivity contribution in [2.45, 2.75) is 32.6 Å². The molecule has 1 heterocycles. The van der Waals surface area contributed by atoms with E-state index in [-0.39, 0.29) is 17.1 Å². The molecule has 5 heteroatoms. The van der Waals surface area contributed by atoms with Crippen molar-refractivity contribution in [1.82, 2.24) is 4.57 Å². The van der Waals surface area contributed by atoms with Crippen molar-refractivity contribution in [2.75, 3.05) is 19.0 Å². The molecule has 0 amide bonds. The lowest BCUT2D eigenvalue weighted by Gasteiger charge is -2.13. The minimum Gasteiger partial charge on any atom is -0.504 e. The van der Waals surface area contributed by atoms with Crippen LogP contribution in [0.15, 0.2) is 23.0 Å². The molecule has 2 N–H and O–H groups in total. The third-order valence-electron chi connectivity index (χ3n) is 3.89. The number of benzene rings is 1. The quantitative estimate of drug-likeness (QED) is 0.771. The number of nitrogens with zero attached hydrogens (tertiary/aromatic N) is 1. The van der Waals surface area contributed by atoms with Crippen LogP contribution in [0, 0.1) is 0 Å². The van der Waals surface area contributed by atoms with E-state index in [1.807, 2.05) is 12.1 Å². The van der Waals surface area contributed by atoms with Crippen molar-refractivity contribution in [3.8, 4) is 11.5 Å². The fourth-order valence-electron chi connectivity index (χ4n) is 2.57. The number of unbranched alkanes of at least 4 members (excludes halogenated alkanes) is 3. The largest absolute Gasteiger partial charge is 0.504 e. The van der Waals surface area contributed by atoms with Crippen LogP contribution in [0.1, 0.15) is 32.6 Å². The maximum absolute atomic E-state index is 12.1. The highest BCUT2D eigenvalue weighted by Crippen LogP contribution is 2.32. The van der Waals surface area contributed by atoms with Crippen LogP contribution in [0.5, 0.6) is 11.5 Å². The van der Waals surface area contributed by atoms with Gasteiger partial charge in [0.1, 0.15) is 0 Å². The van der Waals surface area contributed by atoms with Crippen LogP contribution in [0.4, 0.5) is 5.69 Å². The topological polar surface area (TPSA) is 63.5 Å². The van der Waals surface area contributed by atoms with Gasteiger partial charge in [-0.1, -0.05) is 26.2 Å². The third-order valence-corrected chi connectivity index (χ3v) is 3.89. The van der Waals surface area contributed by atoms with Crippen LogP contribution in [0.2, 0.25) is 0 Å². The Morgan fingerprint density at radius 1 is 1.27 bits per heavy atom. The van der Waals surface area contributed by atoms with Gasteiger partial charge in [0.25, 0.3) is 5.56 Å². The lowest BCUT2D eigenvalue weighted by Crippen LogP contribution is -2.19. The standard InChI is InChI=1S/C17H24N2O3/c1-4-5-6-7-10-18-12-8-9-13-14(11-12)19(2)17(21)16(22-3)15(13)20/h8-9,11,18,20H,4-7,10H2,1-3H3. The summed E-state index contributed by atoms with van der Waals surface area (Å²) in [6.45, 7) is 3.10. The summed E-state index contributed by atoms with van der Waals surface area (Å²) in [6.07, 6.45) is 4.81. The zero-order chi connectivity index (χ0) is 16.1. The summed E-state index contributed by atoms with van der Waals surface area (Å²) in [6, 6.07) is 5.60. The minimum absolute atomic E-state index is 0.0183. The Hall–Kier alpha value is -2.17. The highest BCUT2D eigenvalue weighted by atomic mass is 16.5. The molecule has 0 aliphatic rings. The predicted molar refractivity (Wildman–Crippen MR) is 90.0 cm³/mol. The van der Waals surface area contributed by atoms with Crippen molar-refractivity contribution in [3.05, 3.63) is 28.6 Å². The van der Waals surface area contributed by atoms with E-state index >= 15 is 0 Å². The normalized spacial score (nSPS) is 10.9. The SMILES string of the molecule is CCCCCCNc1ccc2c(O)c(OC)c(=O)n(C)c2c1. The summed E-state index contributed by atoms with van der Waals surface area (Å²) in [5.41, 5.74) is 1.29. The molecule has 0 unspecified atom stereocenters. The number of hydrogen-bond donors (Lipinski definition) is 2. The number of nitrogens with one attached hydrogen (secondary N) is 1. The fourth-order valence-corrected chi connectivity index (χ4v) is 2.57. The highest BCUT2D eigenvalue weighted by Gasteiger charge is 2.15. The number of fused-ring (bicyclic) bond motifs is 1. The lowest BCUT2D eigenvalue weighted by atomic mass is 10.1. The number of pyridine rings is 1. The number of aromatic hydroxyl groups is 1. The van der Waals surface area contributed by atoms with Crippen molar-refractivity contribution in [1.29, 1.82) is 0 Å². The van der Waals surface area contributed by atoms with Gasteiger partial charge in [0.2, 0.25) is 5.75 Å². The first-order valence-electron chi connectivity index (χ1n) is 7.73. The van der Waals surface area contributed by atoms with E-state index in [0.29, 0.717) is 10.9 Å². The van der Waals surface area contributed by atoms with Gasteiger partial charge >= 0.3 is 0 Å². The number of methoxy groups -OCH3 is 1. The maximum atomic E-state index is 12.1. The molecular formula is C17H24N2O3. The Morgan fingerprint density at radius 3 is 2.73 bits per heavy atom. The van der Waals surface area contributed by atoms with Crippen molar-refractivity contribution < 1.29 is 9.84 Å². The molecule has 0 bridgehead atoms. The van der Waals surface area contributed by atoms with Gasteiger partial charge in [0.15, 0.2) is 5.75 Å². The van der Waals surface area contributed by atoms with Crippen LogP contribution >= 0.6 is 0 Å². The van der Waals surface area contributed by atoms with Gasteiger partial charge in [-0.15, -0.1) is 0 Å². The van der Waals surface area contributed by atoms with E-state index in [1.165, 1.54) is 30.9 Å². The van der Waals surface area contributed by atoms with Crippen LogP contribution in [-0.4, -0.2) is 23.3 Å². The Balaban J connectivity index is 2.27. The molecule has 22 heavy (non-hydrogen) atoms. The monoisotopic (exact) mass is 304 g/mol. The van der Waals surface area contributed by atoms with Gasteiger partial charge in [-0.05, 0) is 24.6 Å². The molecule has 0 fully saturated rings. The van der Waals surface area contributed by atoms with Gasteiger partial charge in [-0.25, -0.2) is 0 Å². The van der Waals surface area contributed by atoms with Gasteiger partial charge in [0, 0.05) is 24.7 Å². The molecule has 1 aromatic heterocycles. The van der Waals surface area contributed by atoms with E-state index in [2.05, 4.69) is 12.2 Å². The molecule has 0 saturated heterocycles. The van der Waals surface area contributed by atoms with Crippen LogP contribution < -0.4 is 15.6 Å². The number of anilines is 1. The van der Waals surface area contributed by atoms with Crippen molar-refractivity contribution in [2.24, 2.45) is 7.05 Å². The molecule has 0 atom stereocenters. The second-order valence-electron chi connectivity index (χ2n) is 5.47. The molecule has 0 radical (unpaired) electrons. The second-order valence-corrected chi connectivity index (χ2v) is 5.47. The Kier molecular flexibility index (Phi) is 5.31. The average molecular weight is 304 g/mol. The summed E-state index contributed by atoms with van der Waals surface area (Å²) in [5, 5.41) is 14.1. The number of hydrogen-bond acceptors (Lipinski definition) is 4. The lowest BCUT2D eigenvalue weighted by molar-refractivity contribution is 0.368. The van der Waals surface area contributed by atoms with Gasteiger partial charge in [-0.3, -0.25) is 4.79 Å². The number of ether oxygens (including phenoxy) is 1. The molecule has 120 valence electrons. The number of aromatic nitrogens is 1. The van der Waals surface area contributed by atoms with Crippen LogP contribution in [0.25, 0.3) is 10.9 Å². The number of aryl methyl sites for hydroxylation is 1. The van der Waals surface area contributed by atoms with Crippen molar-refractivity contribution >= 4 is 16.6 Å². The van der Waals surface area contributed by atoms with Gasteiger partial charge in [-0.2, -0.15) is 0 Å². The highest BCUT2D eigenvalue weighted by molar-refractivity contribution is 5.89. The van der Waals surface area contributed by atoms with E-state index in [0.717, 1.165) is 18.7 Å². The molecule has 5 nitrogen and oxygen atoms in total. The zero-order valence-corrected chi connectivity index (χ0v) is 13.5. The smallest absolute Gasteiger partial charge is 0.297 e. The number of rotatable bonds is 7. The molecule has 0 spiro atoms. The second kappa shape index (κ2) is 7.20. The molecule has 1 aromatic carbocycles. The van der Waals surface area contributed by atoms with Crippen molar-refractivity contribution in [3.63, 3.8) is 0 Å². The van der Waals surface area contributed by atoms with E-state index in [9.17, 15) is 9.90 Å². The first-order chi connectivity index (χ1) is 10.6. The summed E-state index contributed by atoms with van der Waals surface area (Å²) >= 11 is 0. The fraction of sp³-hybridized carbons (Fsp3) is 0.471. The maximum Gasteiger partial charge on any atom is 0.297 e. The molecule has 0 aliphatic heterocycles. The average Bonchev–Trinajstić information content (AvgIpc) is 2.53. The van der Waals surface area contributed by atoms with E-state index in [4.69, 9.17) is 4.74 Å². The molecule has 0 saturated carbocycles. The predicted octanol–water partition coefficient (Wildman–Crippen LogP) is 3.24. The summed E-state index contributed by atoms with van der Waals surface area (Å²) < 4.78 is 6.49. The zero-order valence-electron chi connectivity index (χ0n) is 13.5. The van der Waals surface area contributed by atoms with Crippen LogP contribution in [-0.2, 0) is 7.05 Å². The first kappa shape index (κ1) is 16.2. The summed E-state index contributed by atoms with van der Waals surface area (Å²) in [7, 11) is 3.06. The molecular weight excluding hydrogens is 280 g/mol. The van der Waals surface area contributed by atoms with Crippen LogP contribution in [0.3, 0.4) is 0 Å². The Labute approximate surface area is 130 Å². The summed E-state index contributed by atoms with van der Waals surface area (Å²) in [5.74, 6) is -0.120. The Bertz CT molecular complexity index is 707. The van der Waals surface area contributed by atoms with E-state index in [1.54, 1.807) is 13.1 Å². The minimum atomic E-state index is -0.340. The molecule has 2 rings (SSSR count). The molecule has 2 aromatic rings. The third kappa shape index (κ3) is 3.18. The van der Waals surface area contributed by atoms with E-state index < -0.39 is 0 Å². The Morgan fingerprint density at radius 2 is 2.05 bits per heavy atom. The van der Waals surface area contributed by atoms with Gasteiger partial charge in [0.05, 0.1) is 12.6 Å². The molecule has 0 aliphatic carbocycles. The summed E-state index contributed by atoms with van der Waals surface area (Å²) in [4.78, 5) is 12.1. The first-order valence-corrected chi connectivity index (χ1v) is 7.73. The van der Waals surface area contributed by atoms with Gasteiger partial charge < -0.3 is 19.7 Å².